The first-order valence-electron chi connectivity index (χ1n) is 11.6. The van der Waals surface area contributed by atoms with Gasteiger partial charge in [-0.05, 0) is 47.9 Å². The van der Waals surface area contributed by atoms with Crippen LogP contribution in [0.15, 0.2) is 48.5 Å². The van der Waals surface area contributed by atoms with Crippen molar-refractivity contribution in [2.75, 3.05) is 6.61 Å². The molecule has 1 fully saturated rings. The zero-order chi connectivity index (χ0) is 23.4. The van der Waals surface area contributed by atoms with Crippen molar-refractivity contribution in [2.24, 2.45) is 5.92 Å². The fourth-order valence-corrected chi connectivity index (χ4v) is 4.99. The fraction of sp³-hybridized carbons (Fsp3) is 0.423. The normalized spacial score (nSPS) is 20.3. The molecule has 2 aromatic carbocycles. The zero-order valence-corrected chi connectivity index (χ0v) is 18.8. The molecular formula is C26H30N2O5. The van der Waals surface area contributed by atoms with Crippen LogP contribution in [0.5, 0.6) is 0 Å². The Morgan fingerprint density at radius 1 is 1.03 bits per heavy atom. The predicted octanol–water partition coefficient (Wildman–Crippen LogP) is 4.06. The van der Waals surface area contributed by atoms with Gasteiger partial charge in [0.15, 0.2) is 0 Å². The number of carbonyl (C=O) groups is 3. The van der Waals surface area contributed by atoms with E-state index < -0.39 is 18.1 Å². The standard InChI is InChI=1S/C26H30N2O5/c1-2-23(25(30)31)28-24(29)16-8-7-9-17(14-16)27-26(32)33-15-22-20-12-5-3-10-18(20)19-11-4-6-13-21(19)22/h3-6,10-13,16-17,22-23H,2,7-9,14-15H2,1H3,(H,27,32)(H,28,29)(H,30,31)/t16-,17-,23-/m1/s1. The molecule has 2 aliphatic rings. The van der Waals surface area contributed by atoms with Crippen molar-refractivity contribution >= 4 is 18.0 Å². The first-order chi connectivity index (χ1) is 16.0. The number of amides is 2. The second-order valence-corrected chi connectivity index (χ2v) is 8.84. The molecule has 0 saturated heterocycles. The summed E-state index contributed by atoms with van der Waals surface area (Å²) < 4.78 is 5.62. The van der Waals surface area contributed by atoms with E-state index in [1.807, 2.05) is 24.3 Å². The van der Waals surface area contributed by atoms with E-state index in [1.165, 1.54) is 11.1 Å². The summed E-state index contributed by atoms with van der Waals surface area (Å²) in [6.45, 7) is 1.97. The minimum atomic E-state index is -1.03. The largest absolute Gasteiger partial charge is 0.480 e. The lowest BCUT2D eigenvalue weighted by atomic mass is 9.85. The third-order valence-electron chi connectivity index (χ3n) is 6.73. The van der Waals surface area contributed by atoms with Gasteiger partial charge in [-0.3, -0.25) is 4.79 Å². The van der Waals surface area contributed by atoms with Gasteiger partial charge in [-0.2, -0.15) is 0 Å². The molecule has 1 saturated carbocycles. The smallest absolute Gasteiger partial charge is 0.407 e. The van der Waals surface area contributed by atoms with Gasteiger partial charge in [-0.1, -0.05) is 61.9 Å². The Kier molecular flexibility index (Phi) is 6.96. The van der Waals surface area contributed by atoms with E-state index in [0.29, 0.717) is 19.3 Å². The third kappa shape index (κ3) is 5.02. The molecule has 0 spiro atoms. The fourth-order valence-electron chi connectivity index (χ4n) is 4.99. The van der Waals surface area contributed by atoms with Gasteiger partial charge >= 0.3 is 12.1 Å². The zero-order valence-electron chi connectivity index (χ0n) is 18.8. The van der Waals surface area contributed by atoms with Gasteiger partial charge in [0.25, 0.3) is 0 Å². The molecule has 3 atom stereocenters. The number of fused-ring (bicyclic) bond motifs is 3. The minimum Gasteiger partial charge on any atom is -0.480 e. The average Bonchev–Trinajstić information content (AvgIpc) is 3.14. The monoisotopic (exact) mass is 450 g/mol. The van der Waals surface area contributed by atoms with Crippen LogP contribution in [0.1, 0.15) is 56.1 Å². The molecule has 0 bridgehead atoms. The number of nitrogens with one attached hydrogen (secondary N) is 2. The molecule has 0 radical (unpaired) electrons. The Bertz CT molecular complexity index is 991. The third-order valence-corrected chi connectivity index (χ3v) is 6.73. The second-order valence-electron chi connectivity index (χ2n) is 8.84. The lowest BCUT2D eigenvalue weighted by Gasteiger charge is -2.29. The van der Waals surface area contributed by atoms with Crippen molar-refractivity contribution in [1.82, 2.24) is 10.6 Å². The van der Waals surface area contributed by atoms with E-state index in [0.717, 1.165) is 24.0 Å². The predicted molar refractivity (Wildman–Crippen MR) is 124 cm³/mol. The topological polar surface area (TPSA) is 105 Å². The van der Waals surface area contributed by atoms with Crippen molar-refractivity contribution in [2.45, 2.75) is 57.0 Å². The minimum absolute atomic E-state index is 0.00460. The maximum atomic E-state index is 12.6. The molecule has 4 rings (SSSR count). The number of carboxylic acids is 1. The summed E-state index contributed by atoms with van der Waals surface area (Å²) in [6.07, 6.45) is 2.56. The second kappa shape index (κ2) is 10.1. The number of carboxylic acid groups (broad SMARTS) is 1. The Morgan fingerprint density at radius 2 is 1.67 bits per heavy atom. The maximum Gasteiger partial charge on any atom is 0.407 e. The number of ether oxygens (including phenoxy) is 1. The van der Waals surface area contributed by atoms with Crippen molar-refractivity contribution in [3.05, 3.63) is 59.7 Å². The number of hydrogen-bond acceptors (Lipinski definition) is 4. The summed E-state index contributed by atoms with van der Waals surface area (Å²) in [5.41, 5.74) is 4.67. The number of hydrogen-bond donors (Lipinski definition) is 3. The van der Waals surface area contributed by atoms with Crippen LogP contribution in [0.4, 0.5) is 4.79 Å². The quantitative estimate of drug-likeness (QED) is 0.590. The van der Waals surface area contributed by atoms with E-state index in [4.69, 9.17) is 4.74 Å². The summed E-state index contributed by atoms with van der Waals surface area (Å²) in [7, 11) is 0. The first kappa shape index (κ1) is 22.8. The molecule has 3 N–H and O–H groups in total. The van der Waals surface area contributed by atoms with Gasteiger partial charge in [0, 0.05) is 17.9 Å². The molecule has 0 unspecified atom stereocenters. The molecule has 7 nitrogen and oxygen atoms in total. The molecule has 0 aromatic heterocycles. The summed E-state index contributed by atoms with van der Waals surface area (Å²) >= 11 is 0. The Morgan fingerprint density at radius 3 is 2.27 bits per heavy atom. The van der Waals surface area contributed by atoms with Gasteiger partial charge < -0.3 is 20.5 Å². The molecule has 2 aliphatic carbocycles. The van der Waals surface area contributed by atoms with Crippen LogP contribution in [0.2, 0.25) is 0 Å². The van der Waals surface area contributed by atoms with Crippen LogP contribution >= 0.6 is 0 Å². The number of carbonyl (C=O) groups excluding carboxylic acids is 2. The summed E-state index contributed by atoms with van der Waals surface area (Å²) in [5, 5.41) is 14.7. The highest BCUT2D eigenvalue weighted by atomic mass is 16.5. The molecule has 2 aromatic rings. The van der Waals surface area contributed by atoms with Gasteiger partial charge in [0.05, 0.1) is 0 Å². The first-order valence-corrected chi connectivity index (χ1v) is 11.6. The Balaban J connectivity index is 1.32. The summed E-state index contributed by atoms with van der Waals surface area (Å²) in [6, 6.07) is 15.3. The molecule has 33 heavy (non-hydrogen) atoms. The van der Waals surface area contributed by atoms with E-state index in [2.05, 4.69) is 34.9 Å². The van der Waals surface area contributed by atoms with Crippen LogP contribution in [-0.2, 0) is 14.3 Å². The van der Waals surface area contributed by atoms with E-state index in [1.54, 1.807) is 6.92 Å². The summed E-state index contributed by atoms with van der Waals surface area (Å²) in [5.74, 6) is -1.61. The number of alkyl carbamates (subject to hydrolysis) is 1. The van der Waals surface area contributed by atoms with Crippen LogP contribution in [0.3, 0.4) is 0 Å². The Hall–Kier alpha value is -3.35. The van der Waals surface area contributed by atoms with Crippen LogP contribution < -0.4 is 10.6 Å². The van der Waals surface area contributed by atoms with Crippen LogP contribution in [0, 0.1) is 5.92 Å². The van der Waals surface area contributed by atoms with Gasteiger partial charge in [0.2, 0.25) is 5.91 Å². The number of benzene rings is 2. The maximum absolute atomic E-state index is 12.6. The van der Waals surface area contributed by atoms with Gasteiger partial charge in [-0.25, -0.2) is 9.59 Å². The van der Waals surface area contributed by atoms with E-state index in [-0.39, 0.29) is 30.4 Å². The van der Waals surface area contributed by atoms with Crippen LogP contribution in [-0.4, -0.2) is 41.8 Å². The number of rotatable bonds is 7. The van der Waals surface area contributed by atoms with Crippen LogP contribution in [0.25, 0.3) is 11.1 Å². The number of aliphatic carboxylic acids is 1. The highest BCUT2D eigenvalue weighted by Gasteiger charge is 2.32. The molecular weight excluding hydrogens is 420 g/mol. The lowest BCUT2D eigenvalue weighted by Crippen LogP contribution is -2.47. The molecule has 0 heterocycles. The summed E-state index contributed by atoms with van der Waals surface area (Å²) in [4.78, 5) is 36.3. The molecule has 2 amide bonds. The van der Waals surface area contributed by atoms with E-state index >= 15 is 0 Å². The van der Waals surface area contributed by atoms with Crippen molar-refractivity contribution < 1.29 is 24.2 Å². The molecule has 0 aliphatic heterocycles. The highest BCUT2D eigenvalue weighted by molar-refractivity contribution is 5.85. The lowest BCUT2D eigenvalue weighted by molar-refractivity contribution is -0.142. The highest BCUT2D eigenvalue weighted by Crippen LogP contribution is 2.44. The molecule has 7 heteroatoms. The van der Waals surface area contributed by atoms with Gasteiger partial charge in [-0.15, -0.1) is 0 Å². The van der Waals surface area contributed by atoms with E-state index in [9.17, 15) is 19.5 Å². The Labute approximate surface area is 193 Å². The van der Waals surface area contributed by atoms with Crippen molar-refractivity contribution in [3.63, 3.8) is 0 Å². The van der Waals surface area contributed by atoms with Crippen molar-refractivity contribution in [1.29, 1.82) is 0 Å². The van der Waals surface area contributed by atoms with Crippen molar-refractivity contribution in [3.8, 4) is 11.1 Å². The average molecular weight is 451 g/mol. The van der Waals surface area contributed by atoms with Gasteiger partial charge in [0.1, 0.15) is 12.6 Å². The molecule has 174 valence electrons. The SMILES string of the molecule is CC[C@@H](NC(=O)[C@@H]1CCC[C@@H](NC(=O)OCC2c3ccccc3-c3ccccc32)C1)C(=O)O.